The number of Topliss-reactive ketones (excluding diaryl/α,β-unsaturated/α-hetero) is 1. The van der Waals surface area contributed by atoms with Crippen molar-refractivity contribution < 1.29 is 4.79 Å². The van der Waals surface area contributed by atoms with Gasteiger partial charge in [-0.1, -0.05) is 13.8 Å². The standard InChI is InChI=1S/C13H21NO/c1-13(2)5-3-10(15)8-12(13)14-6-4-9-7-11(9)14/h9,11-12H,3-8H2,1-2H3. The van der Waals surface area contributed by atoms with Gasteiger partial charge >= 0.3 is 0 Å². The molecule has 0 radical (unpaired) electrons. The first-order valence-corrected chi connectivity index (χ1v) is 6.35. The van der Waals surface area contributed by atoms with Gasteiger partial charge in [0.1, 0.15) is 5.78 Å². The van der Waals surface area contributed by atoms with E-state index in [0.29, 0.717) is 17.2 Å². The first-order chi connectivity index (χ1) is 7.08. The normalized spacial score (nSPS) is 44.1. The summed E-state index contributed by atoms with van der Waals surface area (Å²) in [6.45, 7) is 5.94. The molecular weight excluding hydrogens is 186 g/mol. The monoisotopic (exact) mass is 207 g/mol. The summed E-state index contributed by atoms with van der Waals surface area (Å²) >= 11 is 0. The number of hydrogen-bond acceptors (Lipinski definition) is 2. The predicted octanol–water partition coefficient (Wildman–Crippen LogP) is 2.23. The van der Waals surface area contributed by atoms with E-state index in [4.69, 9.17) is 0 Å². The van der Waals surface area contributed by atoms with Crippen LogP contribution in [-0.2, 0) is 4.79 Å². The molecule has 1 heterocycles. The maximum absolute atomic E-state index is 11.6. The molecular formula is C13H21NO. The number of fused-ring (bicyclic) bond motifs is 1. The van der Waals surface area contributed by atoms with Crippen LogP contribution in [0.2, 0.25) is 0 Å². The number of piperidine rings is 1. The van der Waals surface area contributed by atoms with Crippen molar-refractivity contribution in [2.45, 2.75) is 58.0 Å². The van der Waals surface area contributed by atoms with Gasteiger partial charge in [0.05, 0.1) is 0 Å². The number of ketones is 1. The molecule has 3 aliphatic rings. The Labute approximate surface area is 92.0 Å². The minimum atomic E-state index is 0.353. The summed E-state index contributed by atoms with van der Waals surface area (Å²) in [7, 11) is 0. The van der Waals surface area contributed by atoms with Crippen molar-refractivity contribution >= 4 is 5.78 Å². The van der Waals surface area contributed by atoms with Crippen molar-refractivity contribution in [3.05, 3.63) is 0 Å². The second-order valence-corrected chi connectivity index (χ2v) is 6.34. The topological polar surface area (TPSA) is 20.3 Å². The van der Waals surface area contributed by atoms with Crippen LogP contribution >= 0.6 is 0 Å². The number of nitrogens with zero attached hydrogens (tertiary/aromatic N) is 1. The summed E-state index contributed by atoms with van der Waals surface area (Å²) in [5.74, 6) is 1.47. The molecule has 15 heavy (non-hydrogen) atoms. The van der Waals surface area contributed by atoms with Crippen molar-refractivity contribution in [2.24, 2.45) is 11.3 Å². The minimum absolute atomic E-state index is 0.353. The Morgan fingerprint density at radius 3 is 2.80 bits per heavy atom. The maximum atomic E-state index is 11.6. The molecule has 1 aliphatic heterocycles. The quantitative estimate of drug-likeness (QED) is 0.657. The van der Waals surface area contributed by atoms with Crippen LogP contribution in [0.15, 0.2) is 0 Å². The van der Waals surface area contributed by atoms with Gasteiger partial charge in [-0.2, -0.15) is 0 Å². The molecule has 2 aliphatic carbocycles. The van der Waals surface area contributed by atoms with Gasteiger partial charge in [0.2, 0.25) is 0 Å². The molecule has 2 nitrogen and oxygen atoms in total. The summed E-state index contributed by atoms with van der Waals surface area (Å²) in [4.78, 5) is 14.3. The second kappa shape index (κ2) is 3.07. The van der Waals surface area contributed by atoms with Crippen LogP contribution in [0.5, 0.6) is 0 Å². The third kappa shape index (κ3) is 1.54. The number of hydrogen-bond donors (Lipinski definition) is 0. The Hall–Kier alpha value is -0.370. The maximum Gasteiger partial charge on any atom is 0.134 e. The first kappa shape index (κ1) is 9.83. The number of carbonyl (C=O) groups excluding carboxylic acids is 1. The minimum Gasteiger partial charge on any atom is -0.300 e. The Morgan fingerprint density at radius 1 is 1.40 bits per heavy atom. The highest BCUT2D eigenvalue weighted by Gasteiger charge is 2.52. The summed E-state index contributed by atoms with van der Waals surface area (Å²) < 4.78 is 0. The lowest BCUT2D eigenvalue weighted by atomic mass is 9.72. The molecule has 3 unspecified atom stereocenters. The van der Waals surface area contributed by atoms with E-state index >= 15 is 0 Å². The lowest BCUT2D eigenvalue weighted by Gasteiger charge is -2.44. The van der Waals surface area contributed by atoms with Crippen LogP contribution in [0.3, 0.4) is 0 Å². The molecule has 0 bridgehead atoms. The van der Waals surface area contributed by atoms with Gasteiger partial charge in [0.15, 0.2) is 0 Å². The highest BCUT2D eigenvalue weighted by atomic mass is 16.1. The molecule has 0 aromatic carbocycles. The van der Waals surface area contributed by atoms with Crippen LogP contribution in [0.25, 0.3) is 0 Å². The molecule has 0 aromatic heterocycles. The zero-order valence-electron chi connectivity index (χ0n) is 9.83. The molecule has 0 spiro atoms. The van der Waals surface area contributed by atoms with Gasteiger partial charge in [0, 0.05) is 24.9 Å². The molecule has 84 valence electrons. The number of rotatable bonds is 1. The Morgan fingerprint density at radius 2 is 2.20 bits per heavy atom. The van der Waals surface area contributed by atoms with Gasteiger partial charge in [-0.15, -0.1) is 0 Å². The van der Waals surface area contributed by atoms with E-state index in [2.05, 4.69) is 18.7 Å². The SMILES string of the molecule is CC1(C)CCC(=O)CC1N1CCC2CC21. The third-order valence-corrected chi connectivity index (χ3v) is 4.84. The van der Waals surface area contributed by atoms with E-state index in [0.717, 1.165) is 31.2 Å². The number of likely N-dealkylation sites (tertiary alicyclic amines) is 1. The Kier molecular flexibility index (Phi) is 2.01. The van der Waals surface area contributed by atoms with Gasteiger partial charge < -0.3 is 0 Å². The molecule has 0 N–H and O–H groups in total. The van der Waals surface area contributed by atoms with Crippen LogP contribution < -0.4 is 0 Å². The van der Waals surface area contributed by atoms with E-state index in [-0.39, 0.29) is 0 Å². The van der Waals surface area contributed by atoms with E-state index < -0.39 is 0 Å². The second-order valence-electron chi connectivity index (χ2n) is 6.34. The van der Waals surface area contributed by atoms with Gasteiger partial charge in [-0.25, -0.2) is 0 Å². The smallest absolute Gasteiger partial charge is 0.134 e. The van der Waals surface area contributed by atoms with E-state index in [1.54, 1.807) is 0 Å². The van der Waals surface area contributed by atoms with Gasteiger partial charge in [-0.05, 0) is 37.1 Å². The summed E-state index contributed by atoms with van der Waals surface area (Å²) in [6.07, 6.45) is 5.50. The molecule has 2 heteroatoms. The van der Waals surface area contributed by atoms with Crippen LogP contribution in [0.1, 0.15) is 46.0 Å². The largest absolute Gasteiger partial charge is 0.300 e. The highest BCUT2D eigenvalue weighted by molar-refractivity contribution is 5.80. The van der Waals surface area contributed by atoms with E-state index in [1.165, 1.54) is 19.4 Å². The van der Waals surface area contributed by atoms with Crippen molar-refractivity contribution in [1.29, 1.82) is 0 Å². The average Bonchev–Trinajstić information content (AvgIpc) is 2.84. The summed E-state index contributed by atoms with van der Waals surface area (Å²) in [5.41, 5.74) is 0.353. The van der Waals surface area contributed by atoms with E-state index in [9.17, 15) is 4.79 Å². The highest BCUT2D eigenvalue weighted by Crippen LogP contribution is 2.50. The fraction of sp³-hybridized carbons (Fsp3) is 0.923. The summed E-state index contributed by atoms with van der Waals surface area (Å²) in [5, 5.41) is 0. The van der Waals surface area contributed by atoms with Crippen LogP contribution in [-0.4, -0.2) is 29.3 Å². The molecule has 1 saturated heterocycles. The van der Waals surface area contributed by atoms with Gasteiger partial charge in [-0.3, -0.25) is 9.69 Å². The zero-order chi connectivity index (χ0) is 10.6. The average molecular weight is 207 g/mol. The Bertz CT molecular complexity index is 297. The molecule has 2 saturated carbocycles. The fourth-order valence-corrected chi connectivity index (χ4v) is 3.60. The predicted molar refractivity (Wildman–Crippen MR) is 59.6 cm³/mol. The molecule has 0 amide bonds. The molecule has 3 atom stereocenters. The first-order valence-electron chi connectivity index (χ1n) is 6.35. The van der Waals surface area contributed by atoms with Crippen molar-refractivity contribution in [2.75, 3.05) is 6.54 Å². The third-order valence-electron chi connectivity index (χ3n) is 4.84. The van der Waals surface area contributed by atoms with Crippen LogP contribution in [0.4, 0.5) is 0 Å². The molecule has 0 aromatic rings. The Balaban J connectivity index is 1.79. The van der Waals surface area contributed by atoms with Crippen molar-refractivity contribution in [1.82, 2.24) is 4.90 Å². The lowest BCUT2D eigenvalue weighted by molar-refractivity contribution is -0.125. The zero-order valence-corrected chi connectivity index (χ0v) is 9.83. The van der Waals surface area contributed by atoms with Gasteiger partial charge in [0.25, 0.3) is 0 Å². The number of carbonyl (C=O) groups is 1. The van der Waals surface area contributed by atoms with E-state index in [1.807, 2.05) is 0 Å². The van der Waals surface area contributed by atoms with Crippen molar-refractivity contribution in [3.8, 4) is 0 Å². The summed E-state index contributed by atoms with van der Waals surface area (Å²) in [6, 6.07) is 1.39. The van der Waals surface area contributed by atoms with Crippen molar-refractivity contribution in [3.63, 3.8) is 0 Å². The van der Waals surface area contributed by atoms with Crippen LogP contribution in [0, 0.1) is 11.3 Å². The lowest BCUT2D eigenvalue weighted by Crippen LogP contribution is -2.49. The molecule has 3 rings (SSSR count). The fourth-order valence-electron chi connectivity index (χ4n) is 3.60. The molecule has 3 fully saturated rings.